The second kappa shape index (κ2) is 10.3. The highest BCUT2D eigenvalue weighted by Gasteiger charge is 1.95. The maximum atomic E-state index is 5.69. The molecule has 0 aliphatic heterocycles. The van der Waals surface area contributed by atoms with Crippen LogP contribution in [-0.2, 0) is 6.42 Å². The number of unbranched alkanes of at least 4 members (excludes halogenated alkanes) is 2. The molecule has 0 aliphatic carbocycles. The fourth-order valence-corrected chi connectivity index (χ4v) is 2.51. The minimum absolute atomic E-state index is 0.703. The second-order valence-electron chi connectivity index (χ2n) is 4.35. The number of benzene rings is 1. The Hall–Kier alpha value is -0.670. The van der Waals surface area contributed by atoms with Crippen LogP contribution >= 0.6 is 11.8 Å². The first-order chi connectivity index (χ1) is 8.86. The summed E-state index contributed by atoms with van der Waals surface area (Å²) >= 11 is 1.98. The number of hydrogen-bond acceptors (Lipinski definition) is 3. The van der Waals surface area contributed by atoms with Crippen molar-refractivity contribution in [3.8, 4) is 5.75 Å². The summed E-state index contributed by atoms with van der Waals surface area (Å²) in [5.74, 6) is 3.30. The van der Waals surface area contributed by atoms with Crippen molar-refractivity contribution in [2.24, 2.45) is 5.73 Å². The molecule has 0 aromatic heterocycles. The topological polar surface area (TPSA) is 35.2 Å². The number of hydrogen-bond donors (Lipinski definition) is 1. The molecule has 0 atom stereocenters. The molecule has 0 amide bonds. The summed E-state index contributed by atoms with van der Waals surface area (Å²) in [4.78, 5) is 0. The quantitative estimate of drug-likeness (QED) is 0.659. The molecule has 18 heavy (non-hydrogen) atoms. The zero-order valence-electron chi connectivity index (χ0n) is 11.4. The van der Waals surface area contributed by atoms with Crippen LogP contribution in [-0.4, -0.2) is 24.7 Å². The van der Waals surface area contributed by atoms with Crippen molar-refractivity contribution < 1.29 is 4.74 Å². The van der Waals surface area contributed by atoms with E-state index in [0.717, 1.165) is 24.5 Å². The lowest BCUT2D eigenvalue weighted by molar-refractivity contribution is 0.344. The third kappa shape index (κ3) is 6.92. The smallest absolute Gasteiger partial charge is 0.119 e. The lowest BCUT2D eigenvalue weighted by atomic mass is 10.1. The maximum Gasteiger partial charge on any atom is 0.119 e. The van der Waals surface area contributed by atoms with Gasteiger partial charge in [0.05, 0.1) is 6.61 Å². The Morgan fingerprint density at radius 1 is 1.11 bits per heavy atom. The van der Waals surface area contributed by atoms with E-state index < -0.39 is 0 Å². The summed E-state index contributed by atoms with van der Waals surface area (Å²) in [5.41, 5.74) is 6.79. The van der Waals surface area contributed by atoms with E-state index in [-0.39, 0.29) is 0 Å². The molecule has 0 saturated carbocycles. The molecule has 0 spiro atoms. The highest BCUT2D eigenvalue weighted by atomic mass is 32.2. The van der Waals surface area contributed by atoms with Crippen LogP contribution in [0.3, 0.4) is 0 Å². The zero-order valence-corrected chi connectivity index (χ0v) is 12.2. The molecule has 3 heteroatoms. The van der Waals surface area contributed by atoms with Gasteiger partial charge in [-0.05, 0) is 42.8 Å². The largest absolute Gasteiger partial charge is 0.493 e. The number of ether oxygens (including phenoxy) is 1. The summed E-state index contributed by atoms with van der Waals surface area (Å²) in [6.45, 7) is 3.74. The fourth-order valence-electron chi connectivity index (χ4n) is 1.69. The van der Waals surface area contributed by atoms with Gasteiger partial charge in [0.15, 0.2) is 0 Å². The van der Waals surface area contributed by atoms with Gasteiger partial charge in [-0.3, -0.25) is 0 Å². The molecule has 0 fully saturated rings. The standard InChI is InChI=1S/C15H25NOS/c1-2-3-4-12-18-13-11-17-15-7-5-14(6-8-15)9-10-16/h5-8H,2-4,9-13,16H2,1H3. The second-order valence-corrected chi connectivity index (χ2v) is 5.58. The van der Waals surface area contributed by atoms with Crippen molar-refractivity contribution in [2.45, 2.75) is 32.6 Å². The first-order valence-corrected chi connectivity index (χ1v) is 8.02. The van der Waals surface area contributed by atoms with Crippen LogP contribution in [0.2, 0.25) is 0 Å². The monoisotopic (exact) mass is 267 g/mol. The maximum absolute atomic E-state index is 5.69. The van der Waals surface area contributed by atoms with Gasteiger partial charge < -0.3 is 10.5 Å². The molecule has 1 rings (SSSR count). The Kier molecular flexibility index (Phi) is 8.78. The van der Waals surface area contributed by atoms with E-state index in [0.29, 0.717) is 6.54 Å². The molecule has 0 saturated heterocycles. The van der Waals surface area contributed by atoms with Gasteiger partial charge in [0.2, 0.25) is 0 Å². The molecule has 1 aromatic carbocycles. The van der Waals surface area contributed by atoms with Gasteiger partial charge in [0.1, 0.15) is 5.75 Å². The predicted molar refractivity (Wildman–Crippen MR) is 81.5 cm³/mol. The Bertz CT molecular complexity index is 300. The molecule has 102 valence electrons. The number of nitrogens with two attached hydrogens (primary N) is 1. The minimum Gasteiger partial charge on any atom is -0.493 e. The first kappa shape index (κ1) is 15.4. The average Bonchev–Trinajstić information content (AvgIpc) is 2.40. The van der Waals surface area contributed by atoms with Crippen molar-refractivity contribution in [1.29, 1.82) is 0 Å². The van der Waals surface area contributed by atoms with Crippen molar-refractivity contribution in [3.05, 3.63) is 29.8 Å². The van der Waals surface area contributed by atoms with Gasteiger partial charge in [-0.1, -0.05) is 31.9 Å². The molecule has 2 nitrogen and oxygen atoms in total. The molecule has 0 heterocycles. The molecular formula is C15H25NOS. The van der Waals surface area contributed by atoms with E-state index in [2.05, 4.69) is 19.1 Å². The average molecular weight is 267 g/mol. The Morgan fingerprint density at radius 2 is 1.89 bits per heavy atom. The molecule has 0 bridgehead atoms. The summed E-state index contributed by atoms with van der Waals surface area (Å²) in [7, 11) is 0. The van der Waals surface area contributed by atoms with Crippen LogP contribution in [0.15, 0.2) is 24.3 Å². The van der Waals surface area contributed by atoms with Gasteiger partial charge in [-0.25, -0.2) is 0 Å². The van der Waals surface area contributed by atoms with E-state index in [1.165, 1.54) is 30.6 Å². The molecule has 0 aliphatic rings. The zero-order chi connectivity index (χ0) is 13.1. The molecule has 2 N–H and O–H groups in total. The van der Waals surface area contributed by atoms with Crippen molar-refractivity contribution in [1.82, 2.24) is 0 Å². The number of rotatable bonds is 10. The Balaban J connectivity index is 2.08. The lowest BCUT2D eigenvalue weighted by Crippen LogP contribution is -2.03. The fraction of sp³-hybridized carbons (Fsp3) is 0.600. The summed E-state index contributed by atoms with van der Waals surface area (Å²) in [6.07, 6.45) is 4.91. The van der Waals surface area contributed by atoms with Crippen LogP contribution in [0, 0.1) is 0 Å². The Labute approximate surface area is 115 Å². The van der Waals surface area contributed by atoms with Gasteiger partial charge in [0, 0.05) is 5.75 Å². The molecule has 0 unspecified atom stereocenters. The Morgan fingerprint density at radius 3 is 2.56 bits per heavy atom. The van der Waals surface area contributed by atoms with Crippen molar-refractivity contribution in [2.75, 3.05) is 24.7 Å². The molecular weight excluding hydrogens is 242 g/mol. The van der Waals surface area contributed by atoms with Crippen molar-refractivity contribution >= 4 is 11.8 Å². The van der Waals surface area contributed by atoms with E-state index in [4.69, 9.17) is 10.5 Å². The number of thioether (sulfide) groups is 1. The summed E-state index contributed by atoms with van der Waals surface area (Å²) in [5, 5.41) is 0. The highest BCUT2D eigenvalue weighted by Crippen LogP contribution is 2.13. The molecule has 0 radical (unpaired) electrons. The van der Waals surface area contributed by atoms with Gasteiger partial charge >= 0.3 is 0 Å². The van der Waals surface area contributed by atoms with Crippen LogP contribution in [0.5, 0.6) is 5.75 Å². The van der Waals surface area contributed by atoms with Crippen LogP contribution in [0.4, 0.5) is 0 Å². The van der Waals surface area contributed by atoms with E-state index in [9.17, 15) is 0 Å². The van der Waals surface area contributed by atoms with Crippen molar-refractivity contribution in [3.63, 3.8) is 0 Å². The summed E-state index contributed by atoms with van der Waals surface area (Å²) < 4.78 is 5.69. The normalized spacial score (nSPS) is 10.6. The van der Waals surface area contributed by atoms with E-state index in [1.54, 1.807) is 0 Å². The predicted octanol–water partition coefficient (Wildman–Crippen LogP) is 3.49. The third-order valence-corrected chi connectivity index (χ3v) is 3.78. The van der Waals surface area contributed by atoms with Crippen LogP contribution in [0.25, 0.3) is 0 Å². The van der Waals surface area contributed by atoms with E-state index in [1.807, 2.05) is 23.9 Å². The highest BCUT2D eigenvalue weighted by molar-refractivity contribution is 7.99. The summed E-state index contributed by atoms with van der Waals surface area (Å²) in [6, 6.07) is 8.26. The van der Waals surface area contributed by atoms with Gasteiger partial charge in [0.25, 0.3) is 0 Å². The van der Waals surface area contributed by atoms with E-state index >= 15 is 0 Å². The minimum atomic E-state index is 0.703. The SMILES string of the molecule is CCCCCSCCOc1ccc(CCN)cc1. The van der Waals surface area contributed by atoms with Crippen LogP contribution < -0.4 is 10.5 Å². The van der Waals surface area contributed by atoms with Gasteiger partial charge in [-0.15, -0.1) is 0 Å². The van der Waals surface area contributed by atoms with Crippen LogP contribution in [0.1, 0.15) is 31.7 Å². The lowest BCUT2D eigenvalue weighted by Gasteiger charge is -2.07. The first-order valence-electron chi connectivity index (χ1n) is 6.86. The third-order valence-electron chi connectivity index (χ3n) is 2.74. The van der Waals surface area contributed by atoms with Gasteiger partial charge in [-0.2, -0.15) is 11.8 Å². The molecule has 1 aromatic rings.